The van der Waals surface area contributed by atoms with Crippen molar-refractivity contribution in [3.63, 3.8) is 0 Å². The van der Waals surface area contributed by atoms with Gasteiger partial charge in [0.05, 0.1) is 39.8 Å². The summed E-state index contributed by atoms with van der Waals surface area (Å²) in [5.41, 5.74) is 8.35. The second-order valence-corrected chi connectivity index (χ2v) is 19.0. The van der Waals surface area contributed by atoms with E-state index in [-0.39, 0.29) is 64.4 Å². The first kappa shape index (κ1) is 43.5. The number of ether oxygens (including phenoxy) is 7. The highest BCUT2D eigenvalue weighted by molar-refractivity contribution is 5.79. The highest BCUT2D eigenvalue weighted by Gasteiger charge is 2.60. The molecule has 0 radical (unpaired) electrons. The Morgan fingerprint density at radius 3 is 2.07 bits per heavy atom. The fraction of sp³-hybridized carbons (Fsp3) is 0.652. The molecule has 6 fully saturated rings. The zero-order valence-corrected chi connectivity index (χ0v) is 36.0. The van der Waals surface area contributed by atoms with E-state index in [1.807, 2.05) is 24.3 Å². The maximum Gasteiger partial charge on any atom is 0.410 e. The van der Waals surface area contributed by atoms with Crippen molar-refractivity contribution < 1.29 is 52.3 Å². The van der Waals surface area contributed by atoms with Gasteiger partial charge in [0, 0.05) is 31.0 Å². The van der Waals surface area contributed by atoms with E-state index in [0.29, 0.717) is 68.3 Å². The van der Waals surface area contributed by atoms with Crippen molar-refractivity contribution in [3.8, 4) is 23.0 Å². The number of carbonyl (C=O) groups is 4. The van der Waals surface area contributed by atoms with Crippen LogP contribution in [0.1, 0.15) is 96.1 Å². The Hall–Kier alpha value is -4.56. The van der Waals surface area contributed by atoms with Gasteiger partial charge >= 0.3 is 24.0 Å². The Kier molecular flexibility index (Phi) is 12.9. The molecule has 3 unspecified atom stereocenters. The van der Waals surface area contributed by atoms with Crippen LogP contribution in [0.4, 0.5) is 4.79 Å². The predicted molar refractivity (Wildman–Crippen MR) is 221 cm³/mol. The summed E-state index contributed by atoms with van der Waals surface area (Å²) >= 11 is 0. The summed E-state index contributed by atoms with van der Waals surface area (Å²) in [6.07, 6.45) is 8.70. The summed E-state index contributed by atoms with van der Waals surface area (Å²) in [4.78, 5) is 51.9. The molecule has 4 bridgehead atoms. The Balaban J connectivity index is 0.824. The van der Waals surface area contributed by atoms with Crippen LogP contribution in [0.15, 0.2) is 36.4 Å². The van der Waals surface area contributed by atoms with E-state index in [1.54, 1.807) is 33.3 Å². The lowest BCUT2D eigenvalue weighted by Gasteiger charge is -2.65. The molecule has 6 aliphatic rings. The summed E-state index contributed by atoms with van der Waals surface area (Å²) in [5.74, 6) is 0.504. The lowest BCUT2D eigenvalue weighted by molar-refractivity contribution is -0.172. The Morgan fingerprint density at radius 2 is 1.43 bits per heavy atom. The molecule has 5 saturated carbocycles. The molecule has 1 amide bonds. The van der Waals surface area contributed by atoms with Gasteiger partial charge in [-0.15, -0.1) is 0 Å². The van der Waals surface area contributed by atoms with E-state index in [1.165, 1.54) is 26.4 Å². The maximum atomic E-state index is 13.1. The van der Waals surface area contributed by atoms with Gasteiger partial charge in [0.15, 0.2) is 23.0 Å². The molecule has 6 atom stereocenters. The summed E-state index contributed by atoms with van der Waals surface area (Å²) in [5, 5.41) is 6.57. The van der Waals surface area contributed by atoms with Crippen molar-refractivity contribution in [2.24, 2.45) is 40.2 Å². The summed E-state index contributed by atoms with van der Waals surface area (Å²) < 4.78 is 38.7. The first-order valence-electron chi connectivity index (χ1n) is 21.5. The van der Waals surface area contributed by atoms with Crippen LogP contribution in [0.25, 0.3) is 0 Å². The molecule has 0 aromatic heterocycles. The zero-order valence-electron chi connectivity index (χ0n) is 36.0. The smallest absolute Gasteiger partial charge is 0.410 e. The average Bonchev–Trinajstić information content (AvgIpc) is 3.52. The molecule has 328 valence electrons. The molecular formula is C46H63N3O11. The van der Waals surface area contributed by atoms with Gasteiger partial charge in [0.1, 0.15) is 6.04 Å². The van der Waals surface area contributed by atoms with Crippen LogP contribution in [0.2, 0.25) is 0 Å². The van der Waals surface area contributed by atoms with Gasteiger partial charge in [-0.1, -0.05) is 26.0 Å². The Bertz CT molecular complexity index is 1900. The van der Waals surface area contributed by atoms with Crippen molar-refractivity contribution in [1.29, 1.82) is 0 Å². The van der Waals surface area contributed by atoms with Gasteiger partial charge < -0.3 is 49.5 Å². The van der Waals surface area contributed by atoms with Gasteiger partial charge in [0.2, 0.25) is 6.29 Å². The molecule has 8 rings (SSSR count). The van der Waals surface area contributed by atoms with Crippen molar-refractivity contribution in [3.05, 3.63) is 47.5 Å². The second kappa shape index (κ2) is 17.8. The standard InChI is InChI=1S/C46H63N3O11/c1-27(59-43(53)49-46-21-30-19-44(2,25-46)24-45(3,20-30)26-46)58-40(50)31-9-11-33(12-10-31)48-22-35(47)42(52)60-37-14-8-29(18-39(37)56-6)16-34-32(23-57-41(34)51)15-28-7-13-36(54-4)38(17-28)55-5/h7-8,13-14,17-18,27,30-35,48H,9-12,15-16,19-26,47H2,1-6H3,(H,49,53)/t27?,30?,31-,32-,33+,34+,35-,44?,45?,46?/m0/s1. The van der Waals surface area contributed by atoms with Gasteiger partial charge in [-0.2, -0.15) is 0 Å². The monoisotopic (exact) mass is 833 g/mol. The molecule has 1 aliphatic heterocycles. The lowest BCUT2D eigenvalue weighted by Crippen LogP contribution is -2.65. The summed E-state index contributed by atoms with van der Waals surface area (Å²) in [6, 6.07) is 10.1. The fourth-order valence-corrected chi connectivity index (χ4v) is 11.9. The van der Waals surface area contributed by atoms with E-state index in [2.05, 4.69) is 24.5 Å². The normalized spacial score (nSPS) is 31.4. The first-order valence-corrected chi connectivity index (χ1v) is 21.5. The summed E-state index contributed by atoms with van der Waals surface area (Å²) in [7, 11) is 4.66. The molecular weight excluding hydrogens is 771 g/mol. The number of amides is 1. The zero-order chi connectivity index (χ0) is 42.8. The number of esters is 3. The minimum atomic E-state index is -0.994. The van der Waals surface area contributed by atoms with Crippen molar-refractivity contribution in [1.82, 2.24) is 10.6 Å². The van der Waals surface area contributed by atoms with E-state index < -0.39 is 24.4 Å². The van der Waals surface area contributed by atoms with Crippen LogP contribution in [0, 0.1) is 34.5 Å². The number of hydrogen-bond donors (Lipinski definition) is 3. The van der Waals surface area contributed by atoms with Crippen molar-refractivity contribution >= 4 is 24.0 Å². The summed E-state index contributed by atoms with van der Waals surface area (Å²) in [6.45, 7) is 6.80. The molecule has 2 aromatic carbocycles. The molecule has 4 N–H and O–H groups in total. The van der Waals surface area contributed by atoms with Crippen LogP contribution in [-0.4, -0.2) is 82.4 Å². The topological polar surface area (TPSA) is 183 Å². The predicted octanol–water partition coefficient (Wildman–Crippen LogP) is 6.03. The average molecular weight is 834 g/mol. The molecule has 1 saturated heterocycles. The molecule has 1 heterocycles. The van der Waals surface area contributed by atoms with Gasteiger partial charge in [-0.25, -0.2) is 9.59 Å². The van der Waals surface area contributed by atoms with E-state index in [9.17, 15) is 19.2 Å². The van der Waals surface area contributed by atoms with Crippen LogP contribution >= 0.6 is 0 Å². The van der Waals surface area contributed by atoms with E-state index >= 15 is 0 Å². The van der Waals surface area contributed by atoms with Crippen molar-refractivity contribution in [2.75, 3.05) is 34.5 Å². The second-order valence-electron chi connectivity index (χ2n) is 19.0. The third-order valence-corrected chi connectivity index (χ3v) is 13.7. The van der Waals surface area contributed by atoms with Crippen LogP contribution in [-0.2, 0) is 41.4 Å². The van der Waals surface area contributed by atoms with E-state index in [4.69, 9.17) is 38.9 Å². The molecule has 5 aliphatic carbocycles. The number of hydrogen-bond acceptors (Lipinski definition) is 13. The third-order valence-electron chi connectivity index (χ3n) is 13.7. The van der Waals surface area contributed by atoms with Gasteiger partial charge in [-0.05, 0) is 129 Å². The molecule has 2 aromatic rings. The Morgan fingerprint density at radius 1 is 0.817 bits per heavy atom. The highest BCUT2D eigenvalue weighted by Crippen LogP contribution is 2.66. The number of carbonyl (C=O) groups excluding carboxylic acids is 4. The SMILES string of the molecule is COc1ccc(C[C@H]2COC(=O)[C@@H]2Cc2ccc(OC(=O)[C@@H](N)CN[C@H]3CC[C@@H](C(=O)OC(C)OC(=O)NC45CC6CC(C)(CC(C)(C6)C4)C5)CC3)c(OC)c2)cc1OC. The van der Waals surface area contributed by atoms with Crippen LogP contribution in [0.3, 0.4) is 0 Å². The Labute approximate surface area is 353 Å². The molecule has 14 nitrogen and oxygen atoms in total. The lowest BCUT2D eigenvalue weighted by atomic mass is 9.43. The first-order chi connectivity index (χ1) is 28.6. The number of benzene rings is 2. The van der Waals surface area contributed by atoms with E-state index in [0.717, 1.165) is 30.4 Å². The largest absolute Gasteiger partial charge is 0.493 e. The minimum absolute atomic E-state index is 0.0417. The number of cyclic esters (lactones) is 1. The minimum Gasteiger partial charge on any atom is -0.493 e. The quantitative estimate of drug-likeness (QED) is 0.101. The number of nitrogens with one attached hydrogen (secondary N) is 2. The molecule has 14 heteroatoms. The number of rotatable bonds is 16. The highest BCUT2D eigenvalue weighted by atomic mass is 16.7. The molecule has 0 spiro atoms. The van der Waals surface area contributed by atoms with Gasteiger partial charge in [-0.3, -0.25) is 9.59 Å². The molecule has 60 heavy (non-hydrogen) atoms. The van der Waals surface area contributed by atoms with Crippen LogP contribution in [0.5, 0.6) is 23.0 Å². The van der Waals surface area contributed by atoms with Gasteiger partial charge in [0.25, 0.3) is 0 Å². The van der Waals surface area contributed by atoms with Crippen LogP contribution < -0.4 is 35.3 Å². The number of nitrogens with two attached hydrogens (primary N) is 1. The number of alkyl carbamates (subject to hydrolysis) is 1. The third kappa shape index (κ3) is 9.96. The van der Waals surface area contributed by atoms with Crippen molar-refractivity contribution in [2.45, 2.75) is 122 Å². The fourth-order valence-electron chi connectivity index (χ4n) is 11.9. The maximum absolute atomic E-state index is 13.1. The number of methoxy groups -OCH3 is 3.